The van der Waals surface area contributed by atoms with E-state index in [9.17, 15) is 8.42 Å². The lowest BCUT2D eigenvalue weighted by molar-refractivity contribution is 0.601. The number of fused-ring (bicyclic) bond motifs is 1. The Morgan fingerprint density at radius 3 is 2.56 bits per heavy atom. The van der Waals surface area contributed by atoms with E-state index in [1.807, 2.05) is 37.3 Å². The number of rotatable bonds is 5. The van der Waals surface area contributed by atoms with Gasteiger partial charge in [0.05, 0.1) is 17.0 Å². The monoisotopic (exact) mass is 357 g/mol. The van der Waals surface area contributed by atoms with Gasteiger partial charge in [-0.25, -0.2) is 13.4 Å². The van der Waals surface area contributed by atoms with Crippen LogP contribution < -0.4 is 0 Å². The summed E-state index contributed by atoms with van der Waals surface area (Å²) in [6, 6.07) is 9.67. The van der Waals surface area contributed by atoms with Crippen LogP contribution in [0.1, 0.15) is 30.7 Å². The van der Waals surface area contributed by atoms with Crippen LogP contribution >= 0.6 is 0 Å². The number of hydrogen-bond acceptors (Lipinski definition) is 4. The van der Waals surface area contributed by atoms with Crippen LogP contribution in [0.4, 0.5) is 0 Å². The SMILES string of the molecule is Cc1cc(-c2cc(CC(C)C)[nH]n2)nc2ccc(CS(C)(=O)=O)cc12. The number of benzene rings is 1. The molecule has 0 unspecified atom stereocenters. The molecule has 0 aliphatic heterocycles. The van der Waals surface area contributed by atoms with Crippen LogP contribution in [0.3, 0.4) is 0 Å². The lowest BCUT2D eigenvalue weighted by Gasteiger charge is -2.07. The molecule has 2 heterocycles. The quantitative estimate of drug-likeness (QED) is 0.756. The Morgan fingerprint density at radius 1 is 1.12 bits per heavy atom. The summed E-state index contributed by atoms with van der Waals surface area (Å²) in [6.07, 6.45) is 2.20. The fourth-order valence-corrected chi connectivity index (χ4v) is 3.79. The van der Waals surface area contributed by atoms with Gasteiger partial charge in [-0.15, -0.1) is 0 Å². The Kier molecular flexibility index (Phi) is 4.64. The normalized spacial score (nSPS) is 12.2. The van der Waals surface area contributed by atoms with Crippen molar-refractivity contribution in [1.82, 2.24) is 15.2 Å². The minimum Gasteiger partial charge on any atom is -0.282 e. The number of nitrogens with zero attached hydrogens (tertiary/aromatic N) is 2. The number of pyridine rings is 1. The van der Waals surface area contributed by atoms with Gasteiger partial charge in [-0.05, 0) is 54.7 Å². The van der Waals surface area contributed by atoms with Crippen molar-refractivity contribution in [3.05, 3.63) is 47.2 Å². The standard InChI is InChI=1S/C19H23N3O2S/c1-12(2)7-15-10-19(22-21-15)18-8-13(3)16-9-14(11-25(4,23)24)5-6-17(16)20-18/h5-6,8-10,12H,7,11H2,1-4H3,(H,21,22). The third kappa shape index (κ3) is 4.25. The number of sulfone groups is 1. The molecule has 0 fully saturated rings. The Bertz CT molecular complexity index is 1020. The number of H-pyrrole nitrogens is 1. The highest BCUT2D eigenvalue weighted by Gasteiger charge is 2.11. The van der Waals surface area contributed by atoms with E-state index in [4.69, 9.17) is 4.98 Å². The zero-order valence-corrected chi connectivity index (χ0v) is 15.8. The van der Waals surface area contributed by atoms with E-state index in [0.717, 1.165) is 45.5 Å². The number of aromatic nitrogens is 3. The summed E-state index contributed by atoms with van der Waals surface area (Å²) in [5.41, 5.74) is 5.46. The van der Waals surface area contributed by atoms with E-state index >= 15 is 0 Å². The molecule has 0 saturated heterocycles. The van der Waals surface area contributed by atoms with Crippen molar-refractivity contribution in [2.45, 2.75) is 32.9 Å². The summed E-state index contributed by atoms with van der Waals surface area (Å²) < 4.78 is 23.0. The molecule has 0 bridgehead atoms. The molecule has 1 aromatic carbocycles. The van der Waals surface area contributed by atoms with Crippen LogP contribution in [-0.2, 0) is 22.0 Å². The Labute approximate surface area is 148 Å². The molecule has 0 spiro atoms. The van der Waals surface area contributed by atoms with Gasteiger partial charge in [-0.1, -0.05) is 19.9 Å². The van der Waals surface area contributed by atoms with Crippen molar-refractivity contribution in [2.24, 2.45) is 5.92 Å². The van der Waals surface area contributed by atoms with Crippen molar-refractivity contribution in [3.63, 3.8) is 0 Å². The van der Waals surface area contributed by atoms with Gasteiger partial charge in [0.2, 0.25) is 0 Å². The van der Waals surface area contributed by atoms with Gasteiger partial charge in [-0.2, -0.15) is 5.10 Å². The highest BCUT2D eigenvalue weighted by molar-refractivity contribution is 7.89. The maximum Gasteiger partial charge on any atom is 0.151 e. The smallest absolute Gasteiger partial charge is 0.151 e. The van der Waals surface area contributed by atoms with Crippen LogP contribution in [0, 0.1) is 12.8 Å². The average molecular weight is 357 g/mol. The summed E-state index contributed by atoms with van der Waals surface area (Å²) in [5.74, 6) is 0.607. The van der Waals surface area contributed by atoms with E-state index in [2.05, 4.69) is 24.0 Å². The number of aryl methyl sites for hydroxylation is 1. The first-order valence-electron chi connectivity index (χ1n) is 8.34. The molecule has 0 atom stereocenters. The van der Waals surface area contributed by atoms with E-state index < -0.39 is 9.84 Å². The Morgan fingerprint density at radius 2 is 1.88 bits per heavy atom. The van der Waals surface area contributed by atoms with Gasteiger partial charge in [0, 0.05) is 17.3 Å². The summed E-state index contributed by atoms with van der Waals surface area (Å²) in [7, 11) is -3.05. The molecule has 25 heavy (non-hydrogen) atoms. The number of hydrogen-bond donors (Lipinski definition) is 1. The first-order valence-corrected chi connectivity index (χ1v) is 10.4. The molecule has 0 radical (unpaired) electrons. The Balaban J connectivity index is 1.99. The molecule has 132 valence electrons. The Hall–Kier alpha value is -2.21. The molecule has 3 aromatic rings. The fraction of sp³-hybridized carbons (Fsp3) is 0.368. The molecule has 3 rings (SSSR count). The molecular weight excluding hydrogens is 334 g/mol. The van der Waals surface area contributed by atoms with Gasteiger partial charge >= 0.3 is 0 Å². The highest BCUT2D eigenvalue weighted by atomic mass is 32.2. The molecule has 1 N–H and O–H groups in total. The molecule has 0 amide bonds. The van der Waals surface area contributed by atoms with Gasteiger partial charge < -0.3 is 0 Å². The molecule has 0 aliphatic rings. The van der Waals surface area contributed by atoms with E-state index in [1.165, 1.54) is 6.26 Å². The fourth-order valence-electron chi connectivity index (χ4n) is 3.00. The minimum absolute atomic E-state index is 0.0437. The summed E-state index contributed by atoms with van der Waals surface area (Å²) in [5, 5.41) is 8.44. The lowest BCUT2D eigenvalue weighted by atomic mass is 10.0. The van der Waals surface area contributed by atoms with Crippen LogP contribution in [-0.4, -0.2) is 29.9 Å². The van der Waals surface area contributed by atoms with Crippen molar-refractivity contribution in [2.75, 3.05) is 6.26 Å². The van der Waals surface area contributed by atoms with Gasteiger partial charge in [0.15, 0.2) is 9.84 Å². The highest BCUT2D eigenvalue weighted by Crippen LogP contribution is 2.25. The first-order chi connectivity index (χ1) is 11.7. The maximum absolute atomic E-state index is 11.5. The zero-order chi connectivity index (χ0) is 18.2. The van der Waals surface area contributed by atoms with Gasteiger partial charge in [-0.3, -0.25) is 5.10 Å². The predicted octanol–water partition coefficient (Wildman–Crippen LogP) is 3.68. The summed E-state index contributed by atoms with van der Waals surface area (Å²) in [4.78, 5) is 4.70. The minimum atomic E-state index is -3.05. The second kappa shape index (κ2) is 6.59. The first kappa shape index (κ1) is 17.6. The van der Waals surface area contributed by atoms with Crippen molar-refractivity contribution < 1.29 is 8.42 Å². The molecule has 0 saturated carbocycles. The second-order valence-electron chi connectivity index (χ2n) is 7.12. The maximum atomic E-state index is 11.5. The average Bonchev–Trinajstić information content (AvgIpc) is 2.94. The molecule has 2 aromatic heterocycles. The van der Waals surface area contributed by atoms with Crippen LogP contribution in [0.5, 0.6) is 0 Å². The molecule has 0 aliphatic carbocycles. The predicted molar refractivity (Wildman–Crippen MR) is 101 cm³/mol. The summed E-state index contributed by atoms with van der Waals surface area (Å²) in [6.45, 7) is 6.36. The van der Waals surface area contributed by atoms with Gasteiger partial charge in [0.25, 0.3) is 0 Å². The molecule has 6 heteroatoms. The van der Waals surface area contributed by atoms with E-state index in [0.29, 0.717) is 5.92 Å². The van der Waals surface area contributed by atoms with Crippen molar-refractivity contribution in [1.29, 1.82) is 0 Å². The second-order valence-corrected chi connectivity index (χ2v) is 9.26. The van der Waals surface area contributed by atoms with Crippen molar-refractivity contribution in [3.8, 4) is 11.4 Å². The number of nitrogens with one attached hydrogen (secondary N) is 1. The van der Waals surface area contributed by atoms with Gasteiger partial charge in [0.1, 0.15) is 5.69 Å². The largest absolute Gasteiger partial charge is 0.282 e. The molecular formula is C19H23N3O2S. The summed E-state index contributed by atoms with van der Waals surface area (Å²) >= 11 is 0. The topological polar surface area (TPSA) is 75.7 Å². The zero-order valence-electron chi connectivity index (χ0n) is 15.0. The third-order valence-corrected chi connectivity index (χ3v) is 4.89. The van der Waals surface area contributed by atoms with Crippen LogP contribution in [0.25, 0.3) is 22.3 Å². The van der Waals surface area contributed by atoms with Crippen LogP contribution in [0.15, 0.2) is 30.3 Å². The third-order valence-electron chi connectivity index (χ3n) is 4.03. The van der Waals surface area contributed by atoms with Crippen LogP contribution in [0.2, 0.25) is 0 Å². The molecule has 5 nitrogen and oxygen atoms in total. The van der Waals surface area contributed by atoms with Crippen molar-refractivity contribution >= 4 is 20.7 Å². The van der Waals surface area contributed by atoms with E-state index in [-0.39, 0.29) is 5.75 Å². The van der Waals surface area contributed by atoms with E-state index in [1.54, 1.807) is 0 Å². The lowest BCUT2D eigenvalue weighted by Crippen LogP contribution is -2.01. The number of aromatic amines is 1.